The molecule has 0 atom stereocenters. The highest BCUT2D eigenvalue weighted by Crippen LogP contribution is 2.21. The molecule has 1 fully saturated rings. The highest BCUT2D eigenvalue weighted by molar-refractivity contribution is 5.69. The van der Waals surface area contributed by atoms with Crippen molar-refractivity contribution >= 4 is 11.7 Å². The Morgan fingerprint density at radius 1 is 1.22 bits per heavy atom. The number of hydrogen-bond donors (Lipinski definition) is 1. The predicted octanol–water partition coefficient (Wildman–Crippen LogP) is 3.36. The van der Waals surface area contributed by atoms with Gasteiger partial charge >= 0.3 is 5.97 Å². The molecule has 2 rings (SSSR count). The zero-order valence-corrected chi connectivity index (χ0v) is 10.7. The molecule has 0 radical (unpaired) electrons. The highest BCUT2D eigenvalue weighted by Gasteiger charge is 2.18. The summed E-state index contributed by atoms with van der Waals surface area (Å²) in [7, 11) is 0. The van der Waals surface area contributed by atoms with Crippen LogP contribution in [0, 0.1) is 0 Å². The number of benzene rings is 1. The Morgan fingerprint density at radius 2 is 1.94 bits per heavy atom. The van der Waals surface area contributed by atoms with E-state index < -0.39 is 0 Å². The van der Waals surface area contributed by atoms with Crippen LogP contribution in [-0.4, -0.2) is 18.6 Å². The van der Waals surface area contributed by atoms with Gasteiger partial charge in [-0.3, -0.25) is 4.79 Å². The van der Waals surface area contributed by atoms with Gasteiger partial charge in [0.25, 0.3) is 0 Å². The van der Waals surface area contributed by atoms with Crippen molar-refractivity contribution in [1.82, 2.24) is 0 Å². The first-order chi connectivity index (χ1) is 8.84. The van der Waals surface area contributed by atoms with Crippen LogP contribution in [0.4, 0.5) is 5.69 Å². The van der Waals surface area contributed by atoms with E-state index in [1.165, 1.54) is 12.8 Å². The maximum Gasteiger partial charge on any atom is 0.306 e. The van der Waals surface area contributed by atoms with E-state index in [0.29, 0.717) is 6.42 Å². The molecule has 1 saturated carbocycles. The maximum absolute atomic E-state index is 11.6. The molecule has 18 heavy (non-hydrogen) atoms. The molecule has 1 aliphatic carbocycles. The van der Waals surface area contributed by atoms with Crippen molar-refractivity contribution in [3.8, 4) is 0 Å². The normalized spacial score (nSPS) is 15.6. The smallest absolute Gasteiger partial charge is 0.306 e. The topological polar surface area (TPSA) is 38.3 Å². The largest absolute Gasteiger partial charge is 0.462 e. The molecule has 0 aliphatic heterocycles. The molecule has 0 spiro atoms. The molecule has 1 aliphatic rings. The van der Waals surface area contributed by atoms with Gasteiger partial charge in [0.05, 0.1) is 0 Å². The summed E-state index contributed by atoms with van der Waals surface area (Å²) in [6.07, 6.45) is 6.03. The third kappa shape index (κ3) is 4.40. The Balaban J connectivity index is 1.56. The number of carbonyl (C=O) groups is 1. The lowest BCUT2D eigenvalue weighted by Crippen LogP contribution is -2.15. The van der Waals surface area contributed by atoms with Gasteiger partial charge in [0.1, 0.15) is 6.10 Å². The molecule has 1 aromatic rings. The van der Waals surface area contributed by atoms with Crippen molar-refractivity contribution in [2.45, 2.75) is 44.6 Å². The van der Waals surface area contributed by atoms with Crippen LogP contribution in [0.1, 0.15) is 38.5 Å². The minimum absolute atomic E-state index is 0.0447. The fourth-order valence-electron chi connectivity index (χ4n) is 2.27. The number of ether oxygens (including phenoxy) is 1. The van der Waals surface area contributed by atoms with Crippen molar-refractivity contribution in [2.75, 3.05) is 11.9 Å². The number of rotatable bonds is 6. The van der Waals surface area contributed by atoms with Crippen LogP contribution < -0.4 is 5.32 Å². The summed E-state index contributed by atoms with van der Waals surface area (Å²) in [4.78, 5) is 11.6. The Bertz CT molecular complexity index is 358. The van der Waals surface area contributed by atoms with Gasteiger partial charge in [0, 0.05) is 18.7 Å². The van der Waals surface area contributed by atoms with Gasteiger partial charge in [-0.25, -0.2) is 0 Å². The lowest BCUT2D eigenvalue weighted by Gasteiger charge is -2.11. The van der Waals surface area contributed by atoms with Gasteiger partial charge in [0.15, 0.2) is 0 Å². The quantitative estimate of drug-likeness (QED) is 0.618. The Morgan fingerprint density at radius 3 is 2.67 bits per heavy atom. The van der Waals surface area contributed by atoms with E-state index in [0.717, 1.165) is 31.5 Å². The molecule has 1 N–H and O–H groups in total. The Kier molecular flexibility index (Phi) is 5.06. The minimum Gasteiger partial charge on any atom is -0.462 e. The molecule has 0 aromatic heterocycles. The van der Waals surface area contributed by atoms with Gasteiger partial charge in [0.2, 0.25) is 0 Å². The van der Waals surface area contributed by atoms with Crippen molar-refractivity contribution in [1.29, 1.82) is 0 Å². The second kappa shape index (κ2) is 7.04. The van der Waals surface area contributed by atoms with E-state index in [4.69, 9.17) is 4.74 Å². The molecule has 98 valence electrons. The fourth-order valence-corrected chi connectivity index (χ4v) is 2.27. The number of nitrogens with one attached hydrogen (secondary N) is 1. The van der Waals surface area contributed by atoms with Crippen molar-refractivity contribution in [3.05, 3.63) is 30.3 Å². The number of anilines is 1. The average molecular weight is 247 g/mol. The van der Waals surface area contributed by atoms with Crippen LogP contribution in [-0.2, 0) is 9.53 Å². The highest BCUT2D eigenvalue weighted by atomic mass is 16.5. The van der Waals surface area contributed by atoms with Crippen molar-refractivity contribution in [2.24, 2.45) is 0 Å². The summed E-state index contributed by atoms with van der Waals surface area (Å²) in [5, 5.41) is 3.29. The molecule has 3 heteroatoms. The van der Waals surface area contributed by atoms with Crippen LogP contribution in [0.5, 0.6) is 0 Å². The van der Waals surface area contributed by atoms with E-state index in [1.54, 1.807) is 0 Å². The first-order valence-electron chi connectivity index (χ1n) is 6.83. The number of carbonyl (C=O) groups excluding carboxylic acids is 1. The van der Waals surface area contributed by atoms with Gasteiger partial charge in [-0.2, -0.15) is 0 Å². The SMILES string of the molecule is O=C(CCCNc1ccccc1)OC1CCCC1. The van der Waals surface area contributed by atoms with Gasteiger partial charge in [-0.05, 0) is 44.2 Å². The zero-order valence-electron chi connectivity index (χ0n) is 10.7. The minimum atomic E-state index is -0.0447. The second-order valence-corrected chi connectivity index (χ2v) is 4.79. The van der Waals surface area contributed by atoms with E-state index >= 15 is 0 Å². The summed E-state index contributed by atoms with van der Waals surface area (Å²) in [5.74, 6) is -0.0447. The summed E-state index contributed by atoms with van der Waals surface area (Å²) < 4.78 is 5.40. The molecular formula is C15H21NO2. The van der Waals surface area contributed by atoms with Gasteiger partial charge in [-0.15, -0.1) is 0 Å². The molecule has 1 aromatic carbocycles. The zero-order chi connectivity index (χ0) is 12.6. The summed E-state index contributed by atoms with van der Waals surface area (Å²) in [5.41, 5.74) is 1.10. The van der Waals surface area contributed by atoms with Crippen LogP contribution in [0.25, 0.3) is 0 Å². The molecule has 0 bridgehead atoms. The van der Waals surface area contributed by atoms with Gasteiger partial charge in [-0.1, -0.05) is 18.2 Å². The van der Waals surface area contributed by atoms with Crippen molar-refractivity contribution in [3.63, 3.8) is 0 Å². The standard InChI is InChI=1S/C15H21NO2/c17-15(18-14-9-4-5-10-14)11-6-12-16-13-7-2-1-3-8-13/h1-3,7-8,14,16H,4-6,9-12H2. The molecule has 0 amide bonds. The molecule has 0 unspecified atom stereocenters. The van der Waals surface area contributed by atoms with Crippen LogP contribution >= 0.6 is 0 Å². The Labute approximate surface area is 109 Å². The first kappa shape index (κ1) is 12.9. The lowest BCUT2D eigenvalue weighted by atomic mass is 10.2. The van der Waals surface area contributed by atoms with Crippen LogP contribution in [0.15, 0.2) is 30.3 Å². The molecule has 0 heterocycles. The Hall–Kier alpha value is -1.51. The lowest BCUT2D eigenvalue weighted by molar-refractivity contribution is -0.148. The summed E-state index contributed by atoms with van der Waals surface area (Å²) in [6, 6.07) is 10.0. The second-order valence-electron chi connectivity index (χ2n) is 4.79. The molecule has 3 nitrogen and oxygen atoms in total. The fraction of sp³-hybridized carbons (Fsp3) is 0.533. The number of hydrogen-bond acceptors (Lipinski definition) is 3. The maximum atomic E-state index is 11.6. The molecular weight excluding hydrogens is 226 g/mol. The van der Waals surface area contributed by atoms with E-state index in [-0.39, 0.29) is 12.1 Å². The van der Waals surface area contributed by atoms with Crippen LogP contribution in [0.2, 0.25) is 0 Å². The first-order valence-corrected chi connectivity index (χ1v) is 6.83. The molecule has 0 saturated heterocycles. The summed E-state index contributed by atoms with van der Waals surface area (Å²) >= 11 is 0. The van der Waals surface area contributed by atoms with E-state index in [2.05, 4.69) is 5.32 Å². The van der Waals surface area contributed by atoms with E-state index in [9.17, 15) is 4.79 Å². The summed E-state index contributed by atoms with van der Waals surface area (Å²) in [6.45, 7) is 0.809. The van der Waals surface area contributed by atoms with Gasteiger partial charge < -0.3 is 10.1 Å². The average Bonchev–Trinajstić information content (AvgIpc) is 2.89. The van der Waals surface area contributed by atoms with E-state index in [1.807, 2.05) is 30.3 Å². The monoisotopic (exact) mass is 247 g/mol. The third-order valence-electron chi connectivity index (χ3n) is 3.26. The third-order valence-corrected chi connectivity index (χ3v) is 3.26. The van der Waals surface area contributed by atoms with Crippen molar-refractivity contribution < 1.29 is 9.53 Å². The number of esters is 1. The van der Waals surface area contributed by atoms with Crippen LogP contribution in [0.3, 0.4) is 0 Å². The number of para-hydroxylation sites is 1. The predicted molar refractivity (Wildman–Crippen MR) is 72.5 cm³/mol.